The molecule has 2 aromatic carbocycles. The van der Waals surface area contributed by atoms with Crippen LogP contribution in [0.4, 0.5) is 0 Å². The van der Waals surface area contributed by atoms with Crippen LogP contribution in [0.1, 0.15) is 11.1 Å². The fourth-order valence-electron chi connectivity index (χ4n) is 2.37. The highest BCUT2D eigenvalue weighted by Gasteiger charge is 2.21. The molecule has 0 spiro atoms. The van der Waals surface area contributed by atoms with Crippen molar-refractivity contribution in [2.24, 2.45) is 4.99 Å². The van der Waals surface area contributed by atoms with Gasteiger partial charge in [-0.25, -0.2) is 4.99 Å². The summed E-state index contributed by atoms with van der Waals surface area (Å²) in [4.78, 5) is 16.5. The molecule has 2 aromatic rings. The summed E-state index contributed by atoms with van der Waals surface area (Å²) in [5, 5.41) is 2.78. The van der Waals surface area contributed by atoms with Gasteiger partial charge in [-0.1, -0.05) is 42.5 Å². The van der Waals surface area contributed by atoms with Crippen LogP contribution in [-0.2, 0) is 4.79 Å². The summed E-state index contributed by atoms with van der Waals surface area (Å²) in [5.41, 5.74) is 1.92. The minimum absolute atomic E-state index is 0.242. The van der Waals surface area contributed by atoms with Gasteiger partial charge >= 0.3 is 0 Å². The normalized spacial score (nSPS) is 15.3. The molecule has 0 saturated carbocycles. The molecule has 23 heavy (non-hydrogen) atoms. The van der Waals surface area contributed by atoms with E-state index in [-0.39, 0.29) is 5.91 Å². The quantitative estimate of drug-likeness (QED) is 0.883. The lowest BCUT2D eigenvalue weighted by atomic mass is 10.1. The summed E-state index contributed by atoms with van der Waals surface area (Å²) in [5.74, 6) is 1.48. The zero-order valence-corrected chi connectivity index (χ0v) is 12.9. The van der Waals surface area contributed by atoms with E-state index in [0.717, 1.165) is 11.1 Å². The van der Waals surface area contributed by atoms with Crippen molar-refractivity contribution < 1.29 is 14.3 Å². The molecule has 1 aliphatic rings. The van der Waals surface area contributed by atoms with Crippen LogP contribution >= 0.6 is 0 Å². The topological polar surface area (TPSA) is 59.9 Å². The number of amidine groups is 1. The van der Waals surface area contributed by atoms with Gasteiger partial charge in [-0.05, 0) is 12.1 Å². The lowest BCUT2D eigenvalue weighted by Gasteiger charge is -2.09. The van der Waals surface area contributed by atoms with Crippen molar-refractivity contribution >= 4 is 17.8 Å². The second-order valence-electron chi connectivity index (χ2n) is 4.89. The van der Waals surface area contributed by atoms with Crippen molar-refractivity contribution in [3.63, 3.8) is 0 Å². The zero-order valence-electron chi connectivity index (χ0n) is 12.9. The average Bonchev–Trinajstić information content (AvgIpc) is 2.96. The Morgan fingerprint density at radius 2 is 1.78 bits per heavy atom. The van der Waals surface area contributed by atoms with Gasteiger partial charge in [0.15, 0.2) is 11.5 Å². The zero-order chi connectivity index (χ0) is 16.2. The van der Waals surface area contributed by atoms with Crippen LogP contribution in [0.2, 0.25) is 0 Å². The number of benzene rings is 2. The molecule has 0 atom stereocenters. The number of ether oxygens (including phenoxy) is 2. The highest BCUT2D eigenvalue weighted by Crippen LogP contribution is 2.32. The van der Waals surface area contributed by atoms with Crippen molar-refractivity contribution in [2.45, 2.75) is 0 Å². The number of rotatable bonds is 4. The first-order chi connectivity index (χ1) is 11.2. The van der Waals surface area contributed by atoms with E-state index in [4.69, 9.17) is 9.47 Å². The number of carbonyl (C=O) groups excluding carboxylic acids is 1. The number of amides is 1. The molecule has 1 N–H and O–H groups in total. The maximum Gasteiger partial charge on any atom is 0.275 e. The van der Waals surface area contributed by atoms with E-state index >= 15 is 0 Å². The number of para-hydroxylation sites is 1. The van der Waals surface area contributed by atoms with E-state index in [2.05, 4.69) is 10.3 Å². The van der Waals surface area contributed by atoms with E-state index < -0.39 is 0 Å². The van der Waals surface area contributed by atoms with Gasteiger partial charge in [0.1, 0.15) is 11.5 Å². The molecule has 5 nitrogen and oxygen atoms in total. The SMILES string of the molecule is COc1cccc(/C=C2/N=C(c3ccccc3)NC2=O)c1OC. The van der Waals surface area contributed by atoms with Gasteiger partial charge in [0.25, 0.3) is 5.91 Å². The maximum atomic E-state index is 12.2. The first kappa shape index (κ1) is 14.8. The number of hydrogen-bond donors (Lipinski definition) is 1. The number of methoxy groups -OCH3 is 2. The van der Waals surface area contributed by atoms with Crippen LogP contribution in [0.5, 0.6) is 11.5 Å². The van der Waals surface area contributed by atoms with Crippen molar-refractivity contribution in [1.82, 2.24) is 5.32 Å². The fraction of sp³-hybridized carbons (Fsp3) is 0.111. The molecule has 5 heteroatoms. The van der Waals surface area contributed by atoms with Crippen LogP contribution in [-0.4, -0.2) is 26.0 Å². The average molecular weight is 308 g/mol. The molecule has 1 amide bonds. The summed E-state index contributed by atoms with van der Waals surface area (Å²) in [7, 11) is 3.13. The molecule has 1 aliphatic heterocycles. The van der Waals surface area contributed by atoms with E-state index in [9.17, 15) is 4.79 Å². The molecule has 0 saturated heterocycles. The van der Waals surface area contributed by atoms with Crippen LogP contribution < -0.4 is 14.8 Å². The summed E-state index contributed by atoms with van der Waals surface area (Å²) in [6.07, 6.45) is 1.69. The molecule has 0 aliphatic carbocycles. The minimum atomic E-state index is -0.242. The van der Waals surface area contributed by atoms with Gasteiger partial charge in [-0.3, -0.25) is 4.79 Å². The van der Waals surface area contributed by atoms with E-state index in [0.29, 0.717) is 23.0 Å². The Balaban J connectivity index is 2.00. The molecule has 0 bridgehead atoms. The second kappa shape index (κ2) is 6.36. The fourth-order valence-corrected chi connectivity index (χ4v) is 2.37. The van der Waals surface area contributed by atoms with Gasteiger partial charge in [0, 0.05) is 11.1 Å². The largest absolute Gasteiger partial charge is 0.493 e. The molecule has 0 fully saturated rings. The van der Waals surface area contributed by atoms with E-state index in [1.165, 1.54) is 0 Å². The van der Waals surface area contributed by atoms with Gasteiger partial charge < -0.3 is 14.8 Å². The van der Waals surface area contributed by atoms with Gasteiger partial charge in [-0.2, -0.15) is 0 Å². The number of hydrogen-bond acceptors (Lipinski definition) is 4. The number of nitrogens with zero attached hydrogens (tertiary/aromatic N) is 1. The van der Waals surface area contributed by atoms with Crippen molar-refractivity contribution in [1.29, 1.82) is 0 Å². The van der Waals surface area contributed by atoms with Crippen LogP contribution in [0.3, 0.4) is 0 Å². The molecule has 3 rings (SSSR count). The molecular weight excluding hydrogens is 292 g/mol. The van der Waals surface area contributed by atoms with Crippen molar-refractivity contribution in [2.75, 3.05) is 14.2 Å². The number of aliphatic imine (C=N–C) groups is 1. The Kier molecular flexibility index (Phi) is 4.10. The van der Waals surface area contributed by atoms with Gasteiger partial charge in [-0.15, -0.1) is 0 Å². The Hall–Kier alpha value is -3.08. The lowest BCUT2D eigenvalue weighted by Crippen LogP contribution is -2.24. The van der Waals surface area contributed by atoms with Gasteiger partial charge in [0.2, 0.25) is 0 Å². The first-order valence-electron chi connectivity index (χ1n) is 7.11. The molecule has 0 radical (unpaired) electrons. The highest BCUT2D eigenvalue weighted by molar-refractivity contribution is 6.19. The number of carbonyl (C=O) groups is 1. The highest BCUT2D eigenvalue weighted by atomic mass is 16.5. The monoisotopic (exact) mass is 308 g/mol. The summed E-state index contributed by atoms with van der Waals surface area (Å²) < 4.78 is 10.6. The lowest BCUT2D eigenvalue weighted by molar-refractivity contribution is -0.115. The molecular formula is C18H16N2O3. The Bertz CT molecular complexity index is 795. The van der Waals surface area contributed by atoms with E-state index in [1.807, 2.05) is 42.5 Å². The Morgan fingerprint density at radius 3 is 2.48 bits per heavy atom. The van der Waals surface area contributed by atoms with Crippen molar-refractivity contribution in [3.05, 3.63) is 65.4 Å². The Morgan fingerprint density at radius 1 is 1.00 bits per heavy atom. The molecule has 116 valence electrons. The smallest absolute Gasteiger partial charge is 0.275 e. The third-order valence-electron chi connectivity index (χ3n) is 3.47. The summed E-state index contributed by atoms with van der Waals surface area (Å²) in [6, 6.07) is 15.0. The molecule has 1 heterocycles. The van der Waals surface area contributed by atoms with Gasteiger partial charge in [0.05, 0.1) is 14.2 Å². The van der Waals surface area contributed by atoms with Crippen molar-refractivity contribution in [3.8, 4) is 11.5 Å². The third-order valence-corrected chi connectivity index (χ3v) is 3.47. The maximum absolute atomic E-state index is 12.2. The van der Waals surface area contributed by atoms with E-state index in [1.54, 1.807) is 26.4 Å². The first-order valence-corrected chi connectivity index (χ1v) is 7.11. The summed E-state index contributed by atoms with van der Waals surface area (Å²) >= 11 is 0. The van der Waals surface area contributed by atoms with Crippen LogP contribution in [0.15, 0.2) is 59.2 Å². The number of nitrogens with one attached hydrogen (secondary N) is 1. The molecule has 0 unspecified atom stereocenters. The van der Waals surface area contributed by atoms with Crippen LogP contribution in [0, 0.1) is 0 Å². The standard InChI is InChI=1S/C18H16N2O3/c1-22-15-10-6-9-13(16(15)23-2)11-14-18(21)20-17(19-14)12-7-4-3-5-8-12/h3-11H,1-2H3,(H,19,20,21)/b14-11+. The Labute approximate surface area is 134 Å². The van der Waals surface area contributed by atoms with Crippen LogP contribution in [0.25, 0.3) is 6.08 Å². The minimum Gasteiger partial charge on any atom is -0.493 e. The summed E-state index contributed by atoms with van der Waals surface area (Å²) in [6.45, 7) is 0. The third kappa shape index (κ3) is 2.94. The predicted octanol–water partition coefficient (Wildman–Crippen LogP) is 2.62. The predicted molar refractivity (Wildman–Crippen MR) is 88.6 cm³/mol. The second-order valence-corrected chi connectivity index (χ2v) is 4.89. The molecule has 0 aromatic heterocycles.